The van der Waals surface area contributed by atoms with Crippen molar-refractivity contribution < 1.29 is 9.21 Å². The quantitative estimate of drug-likeness (QED) is 0.222. The number of halogens is 1. The highest BCUT2D eigenvalue weighted by atomic mass is 79.9. The van der Waals surface area contributed by atoms with Crippen LogP contribution >= 0.6 is 27.3 Å². The number of carbonyl (C=O) groups is 1. The number of hydrogen-bond acceptors (Lipinski definition) is 5. The van der Waals surface area contributed by atoms with Crippen molar-refractivity contribution in [1.29, 1.82) is 0 Å². The molecule has 6 aromatic rings. The molecule has 0 atom stereocenters. The van der Waals surface area contributed by atoms with Crippen LogP contribution in [0.2, 0.25) is 0 Å². The lowest BCUT2D eigenvalue weighted by atomic mass is 10.0. The number of nitrogens with one attached hydrogen (secondary N) is 1. The van der Waals surface area contributed by atoms with Crippen molar-refractivity contribution in [2.45, 2.75) is 20.8 Å². The van der Waals surface area contributed by atoms with Gasteiger partial charge in [-0.05, 0) is 79.1 Å². The number of carbonyl (C=O) groups excluding carboxylic acids is 1. The summed E-state index contributed by atoms with van der Waals surface area (Å²) in [7, 11) is 0. The van der Waals surface area contributed by atoms with Crippen LogP contribution in [-0.4, -0.2) is 10.9 Å². The van der Waals surface area contributed by atoms with Gasteiger partial charge in [0.2, 0.25) is 5.55 Å². The van der Waals surface area contributed by atoms with Crippen LogP contribution in [0.15, 0.2) is 98.8 Å². The van der Waals surface area contributed by atoms with Crippen molar-refractivity contribution in [3.05, 3.63) is 117 Å². The first-order chi connectivity index (χ1) is 18.9. The van der Waals surface area contributed by atoms with Crippen molar-refractivity contribution in [2.24, 2.45) is 4.99 Å². The molecule has 6 rings (SSSR count). The van der Waals surface area contributed by atoms with Gasteiger partial charge in [0.1, 0.15) is 11.1 Å². The molecule has 7 heteroatoms. The first kappa shape index (κ1) is 25.2. The molecule has 0 aliphatic heterocycles. The lowest BCUT2D eigenvalue weighted by Crippen LogP contribution is -2.21. The lowest BCUT2D eigenvalue weighted by molar-refractivity contribution is 0.102. The Balaban J connectivity index is 1.41. The van der Waals surface area contributed by atoms with Gasteiger partial charge in [-0.2, -0.15) is 0 Å². The van der Waals surface area contributed by atoms with E-state index in [1.54, 1.807) is 0 Å². The summed E-state index contributed by atoms with van der Waals surface area (Å²) in [6.45, 7) is 6.07. The molecule has 0 fully saturated rings. The summed E-state index contributed by atoms with van der Waals surface area (Å²) in [4.78, 5) is 24.2. The van der Waals surface area contributed by atoms with Crippen LogP contribution in [0.3, 0.4) is 0 Å². The normalized spacial score (nSPS) is 11.8. The van der Waals surface area contributed by atoms with Crippen molar-refractivity contribution >= 4 is 65.7 Å². The monoisotopic (exact) mass is 593 g/mol. The number of aryl methyl sites for hydroxylation is 2. The van der Waals surface area contributed by atoms with Crippen molar-refractivity contribution in [1.82, 2.24) is 4.98 Å². The van der Waals surface area contributed by atoms with Crippen molar-refractivity contribution in [2.75, 3.05) is 5.32 Å². The predicted octanol–water partition coefficient (Wildman–Crippen LogP) is 8.88. The minimum Gasteiger partial charge on any atom is -0.438 e. The Morgan fingerprint density at radius 1 is 0.897 bits per heavy atom. The summed E-state index contributed by atoms with van der Waals surface area (Å²) in [5.41, 5.74) is 6.00. The highest BCUT2D eigenvalue weighted by Gasteiger charge is 2.17. The number of thiazole rings is 1. The molecule has 2 heterocycles. The van der Waals surface area contributed by atoms with Gasteiger partial charge in [0.05, 0.1) is 11.4 Å². The van der Waals surface area contributed by atoms with Crippen LogP contribution in [-0.2, 0) is 0 Å². The summed E-state index contributed by atoms with van der Waals surface area (Å²) < 4.78 is 7.07. The summed E-state index contributed by atoms with van der Waals surface area (Å²) in [5.74, 6) is -0.330. The van der Waals surface area contributed by atoms with Gasteiger partial charge in [-0.25, -0.2) is 9.98 Å². The average Bonchev–Trinajstić information content (AvgIpc) is 3.30. The first-order valence-electron chi connectivity index (χ1n) is 12.5. The fraction of sp³-hybridized carbons (Fsp3) is 0.0938. The number of fused-ring (bicyclic) bond motifs is 2. The van der Waals surface area contributed by atoms with E-state index >= 15 is 0 Å². The van der Waals surface area contributed by atoms with E-state index in [9.17, 15) is 4.79 Å². The predicted molar refractivity (Wildman–Crippen MR) is 163 cm³/mol. The van der Waals surface area contributed by atoms with Gasteiger partial charge < -0.3 is 4.42 Å². The number of benzene rings is 4. The zero-order valence-electron chi connectivity index (χ0n) is 21.6. The standard InChI is InChI=1S/C32H24BrN3O2S/c1-18-7-6-10-27(19(18)2)34-31-26(17-24-16-25(33)13-14-28(24)38-31)30(37)36-32-35-29(20(3)39-32)23-12-11-21-8-4-5-9-22(21)15-23/h4-17H,1-3H3,(H,35,36,37). The minimum absolute atomic E-state index is 0.249. The fourth-order valence-corrected chi connectivity index (χ4v) is 5.74. The molecule has 0 unspecified atom stereocenters. The molecule has 0 aliphatic carbocycles. The molecule has 0 saturated heterocycles. The number of amides is 1. The van der Waals surface area contributed by atoms with Crippen LogP contribution < -0.4 is 10.9 Å². The van der Waals surface area contributed by atoms with E-state index in [0.717, 1.165) is 48.2 Å². The van der Waals surface area contributed by atoms with E-state index in [4.69, 9.17) is 14.4 Å². The maximum Gasteiger partial charge on any atom is 0.262 e. The molecule has 1 N–H and O–H groups in total. The van der Waals surface area contributed by atoms with Crippen molar-refractivity contribution in [3.8, 4) is 11.3 Å². The molecule has 0 spiro atoms. The second kappa shape index (κ2) is 10.2. The molecular formula is C32H24BrN3O2S. The van der Waals surface area contributed by atoms with Gasteiger partial charge in [0, 0.05) is 20.3 Å². The Kier molecular flexibility index (Phi) is 6.62. The number of nitrogens with zero attached hydrogens (tertiary/aromatic N) is 2. The molecule has 192 valence electrons. The van der Waals surface area contributed by atoms with Gasteiger partial charge in [-0.3, -0.25) is 10.1 Å². The molecule has 0 radical (unpaired) electrons. The van der Waals surface area contributed by atoms with Gasteiger partial charge in [-0.1, -0.05) is 64.5 Å². The van der Waals surface area contributed by atoms with Crippen LogP contribution in [0.4, 0.5) is 10.8 Å². The Labute approximate surface area is 238 Å². The van der Waals surface area contributed by atoms with E-state index in [2.05, 4.69) is 51.6 Å². The minimum atomic E-state index is -0.330. The van der Waals surface area contributed by atoms with Crippen LogP contribution in [0, 0.1) is 20.8 Å². The molecule has 5 nitrogen and oxygen atoms in total. The largest absolute Gasteiger partial charge is 0.438 e. The number of hydrogen-bond donors (Lipinski definition) is 1. The number of aromatic nitrogens is 1. The molecular weight excluding hydrogens is 570 g/mol. The SMILES string of the molecule is Cc1cccc(N=c2oc3ccc(Br)cc3cc2C(=O)Nc2nc(-c3ccc4ccccc4c3)c(C)s2)c1C. The molecule has 0 aliphatic rings. The third kappa shape index (κ3) is 5.03. The molecule has 0 bridgehead atoms. The van der Waals surface area contributed by atoms with E-state index < -0.39 is 0 Å². The maximum absolute atomic E-state index is 13.7. The van der Waals surface area contributed by atoms with E-state index in [1.165, 1.54) is 16.7 Å². The molecule has 0 saturated carbocycles. The summed E-state index contributed by atoms with van der Waals surface area (Å²) in [6, 6.07) is 27.9. The van der Waals surface area contributed by atoms with E-state index in [1.807, 2.05) is 75.4 Å². The molecule has 1 amide bonds. The molecule has 39 heavy (non-hydrogen) atoms. The Bertz CT molecular complexity index is 1970. The smallest absolute Gasteiger partial charge is 0.262 e. The fourth-order valence-electron chi connectivity index (χ4n) is 4.53. The molecule has 2 aromatic heterocycles. The highest BCUT2D eigenvalue weighted by Crippen LogP contribution is 2.32. The van der Waals surface area contributed by atoms with Gasteiger partial charge in [0.25, 0.3) is 5.91 Å². The van der Waals surface area contributed by atoms with Crippen molar-refractivity contribution in [3.63, 3.8) is 0 Å². The topological polar surface area (TPSA) is 67.5 Å². The zero-order valence-corrected chi connectivity index (χ0v) is 24.0. The number of anilines is 1. The average molecular weight is 595 g/mol. The summed E-state index contributed by atoms with van der Waals surface area (Å²) in [6.07, 6.45) is 0. The highest BCUT2D eigenvalue weighted by molar-refractivity contribution is 9.10. The number of rotatable bonds is 4. The first-order valence-corrected chi connectivity index (χ1v) is 14.1. The second-order valence-corrected chi connectivity index (χ2v) is 11.5. The summed E-state index contributed by atoms with van der Waals surface area (Å²) in [5, 5.41) is 6.63. The van der Waals surface area contributed by atoms with E-state index in [0.29, 0.717) is 16.3 Å². The summed E-state index contributed by atoms with van der Waals surface area (Å²) >= 11 is 4.96. The maximum atomic E-state index is 13.7. The zero-order chi connectivity index (χ0) is 27.1. The van der Waals surface area contributed by atoms with E-state index in [-0.39, 0.29) is 11.5 Å². The van der Waals surface area contributed by atoms with Gasteiger partial charge in [-0.15, -0.1) is 11.3 Å². The Morgan fingerprint density at radius 2 is 1.72 bits per heavy atom. The van der Waals surface area contributed by atoms with Crippen LogP contribution in [0.5, 0.6) is 0 Å². The molecule has 4 aromatic carbocycles. The Morgan fingerprint density at radius 3 is 2.56 bits per heavy atom. The van der Waals surface area contributed by atoms with Gasteiger partial charge >= 0.3 is 0 Å². The van der Waals surface area contributed by atoms with Gasteiger partial charge in [0.15, 0.2) is 5.13 Å². The van der Waals surface area contributed by atoms with Crippen LogP contribution in [0.1, 0.15) is 26.4 Å². The Hall–Kier alpha value is -4.07. The third-order valence-corrected chi connectivity index (χ3v) is 8.17. The third-order valence-electron chi connectivity index (χ3n) is 6.79. The van der Waals surface area contributed by atoms with Crippen LogP contribution in [0.25, 0.3) is 33.0 Å². The second-order valence-electron chi connectivity index (χ2n) is 9.42. The lowest BCUT2D eigenvalue weighted by Gasteiger charge is -2.07.